The van der Waals surface area contributed by atoms with Crippen LogP contribution < -0.4 is 10.2 Å². The largest absolute Gasteiger partial charge is 0.371 e. The van der Waals surface area contributed by atoms with Crippen molar-refractivity contribution in [3.05, 3.63) is 29.3 Å². The van der Waals surface area contributed by atoms with E-state index in [1.165, 1.54) is 0 Å². The molecule has 1 N–H and O–H groups in total. The fraction of sp³-hybridized carbons (Fsp3) is 0.633. The zero-order valence-corrected chi connectivity index (χ0v) is 23.0. The van der Waals surface area contributed by atoms with Crippen LogP contribution in [0.5, 0.6) is 0 Å². The number of rotatable bonds is 9. The summed E-state index contributed by atoms with van der Waals surface area (Å²) in [6, 6.07) is 4.42. The Labute approximate surface area is 230 Å². The van der Waals surface area contributed by atoms with Crippen molar-refractivity contribution >= 4 is 35.1 Å². The van der Waals surface area contributed by atoms with Gasteiger partial charge in [0.1, 0.15) is 11.8 Å². The van der Waals surface area contributed by atoms with Crippen molar-refractivity contribution in [2.45, 2.75) is 77.2 Å². The summed E-state index contributed by atoms with van der Waals surface area (Å²) in [5.74, 6) is -0.582. The first-order valence-corrected chi connectivity index (χ1v) is 14.7. The van der Waals surface area contributed by atoms with Gasteiger partial charge in [-0.15, -0.1) is 0 Å². The van der Waals surface area contributed by atoms with Crippen LogP contribution in [0.3, 0.4) is 0 Å². The number of fused-ring (bicyclic) bond motifs is 1. The molecule has 1 aromatic carbocycles. The van der Waals surface area contributed by atoms with E-state index in [4.69, 9.17) is 0 Å². The van der Waals surface area contributed by atoms with E-state index in [9.17, 15) is 24.0 Å². The number of piperidine rings is 3. The average molecular weight is 537 g/mol. The number of unbranched alkanes of at least 4 members (excludes halogenated alkanes) is 2. The van der Waals surface area contributed by atoms with Crippen molar-refractivity contribution in [1.82, 2.24) is 15.1 Å². The highest BCUT2D eigenvalue weighted by Gasteiger charge is 2.44. The highest BCUT2D eigenvalue weighted by molar-refractivity contribution is 6.23. The number of ketones is 1. The Hall–Kier alpha value is -3.07. The van der Waals surface area contributed by atoms with Crippen molar-refractivity contribution < 1.29 is 24.0 Å². The molecule has 4 aliphatic rings. The zero-order valence-electron chi connectivity index (χ0n) is 23.0. The van der Waals surface area contributed by atoms with Crippen LogP contribution in [0.4, 0.5) is 5.69 Å². The summed E-state index contributed by atoms with van der Waals surface area (Å²) in [7, 11) is 0. The van der Waals surface area contributed by atoms with E-state index in [0.717, 1.165) is 94.7 Å². The van der Waals surface area contributed by atoms with Crippen LogP contribution >= 0.6 is 0 Å². The van der Waals surface area contributed by atoms with Crippen molar-refractivity contribution in [2.75, 3.05) is 37.6 Å². The Balaban J connectivity index is 1.12. The number of likely N-dealkylation sites (tertiary alicyclic amines) is 1. The molecule has 4 amide bonds. The third kappa shape index (κ3) is 5.93. The van der Waals surface area contributed by atoms with E-state index in [1.807, 2.05) is 6.07 Å². The molecule has 0 saturated carbocycles. The number of anilines is 1. The van der Waals surface area contributed by atoms with Gasteiger partial charge in [0, 0.05) is 44.1 Å². The van der Waals surface area contributed by atoms with Crippen LogP contribution in [-0.4, -0.2) is 78.0 Å². The summed E-state index contributed by atoms with van der Waals surface area (Å²) in [6.45, 7) is 7.03. The molecule has 0 aliphatic carbocycles. The predicted octanol–water partition coefficient (Wildman–Crippen LogP) is 3.17. The van der Waals surface area contributed by atoms with Crippen LogP contribution in [0, 0.1) is 11.8 Å². The molecule has 9 heteroatoms. The monoisotopic (exact) mass is 536 g/mol. The Morgan fingerprint density at radius 1 is 0.897 bits per heavy atom. The number of Topliss-reactive ketones (excluding diaryl/α,β-unsaturated/α-hetero) is 1. The van der Waals surface area contributed by atoms with Gasteiger partial charge < -0.3 is 9.80 Å². The van der Waals surface area contributed by atoms with Crippen molar-refractivity contribution in [1.29, 1.82) is 0 Å². The molecule has 0 radical (unpaired) electrons. The van der Waals surface area contributed by atoms with Gasteiger partial charge in [0.05, 0.1) is 11.1 Å². The molecule has 1 aromatic rings. The summed E-state index contributed by atoms with van der Waals surface area (Å²) in [5, 5.41) is 2.24. The van der Waals surface area contributed by atoms with E-state index in [-0.39, 0.29) is 24.7 Å². The number of amides is 4. The molecule has 1 unspecified atom stereocenters. The fourth-order valence-electron chi connectivity index (χ4n) is 6.59. The maximum Gasteiger partial charge on any atom is 0.262 e. The molecule has 4 heterocycles. The molecular weight excluding hydrogens is 496 g/mol. The van der Waals surface area contributed by atoms with Gasteiger partial charge in [0.15, 0.2) is 0 Å². The van der Waals surface area contributed by atoms with Crippen LogP contribution in [0.1, 0.15) is 91.8 Å². The Bertz CT molecular complexity index is 1130. The van der Waals surface area contributed by atoms with Gasteiger partial charge in [0.2, 0.25) is 11.8 Å². The van der Waals surface area contributed by atoms with Gasteiger partial charge in [-0.1, -0.05) is 19.8 Å². The summed E-state index contributed by atoms with van der Waals surface area (Å²) in [5.41, 5.74) is 1.56. The van der Waals surface area contributed by atoms with Crippen molar-refractivity contribution in [2.24, 2.45) is 11.8 Å². The lowest BCUT2D eigenvalue weighted by atomic mass is 9.88. The minimum atomic E-state index is -0.946. The SMILES string of the molecule is CCCCCC(=O)C1CCN(CC2CCN(c3ccc4c(c3)C(=O)N(C3CCC(=O)NC3=O)C4=O)CC2)CC1. The highest BCUT2D eigenvalue weighted by Crippen LogP contribution is 2.32. The Morgan fingerprint density at radius 2 is 1.62 bits per heavy atom. The smallest absolute Gasteiger partial charge is 0.262 e. The van der Waals surface area contributed by atoms with Crippen LogP contribution in [-0.2, 0) is 14.4 Å². The first-order valence-electron chi connectivity index (χ1n) is 14.7. The van der Waals surface area contributed by atoms with Crippen LogP contribution in [0.2, 0.25) is 0 Å². The predicted molar refractivity (Wildman–Crippen MR) is 146 cm³/mol. The molecule has 0 aromatic heterocycles. The van der Waals surface area contributed by atoms with Crippen LogP contribution in [0.15, 0.2) is 18.2 Å². The van der Waals surface area contributed by atoms with E-state index in [0.29, 0.717) is 22.8 Å². The normalized spacial score (nSPS) is 23.4. The second-order valence-corrected chi connectivity index (χ2v) is 11.6. The number of hydrogen-bond acceptors (Lipinski definition) is 7. The van der Waals surface area contributed by atoms with Gasteiger partial charge in [-0.2, -0.15) is 0 Å². The van der Waals surface area contributed by atoms with Gasteiger partial charge in [0.25, 0.3) is 11.8 Å². The van der Waals surface area contributed by atoms with Crippen molar-refractivity contribution in [3.63, 3.8) is 0 Å². The molecule has 3 saturated heterocycles. The van der Waals surface area contributed by atoms with Gasteiger partial charge in [-0.25, -0.2) is 0 Å². The first kappa shape index (κ1) is 27.5. The highest BCUT2D eigenvalue weighted by atomic mass is 16.2. The summed E-state index contributed by atoms with van der Waals surface area (Å²) in [4.78, 5) is 68.3. The number of nitrogens with one attached hydrogen (secondary N) is 1. The number of imide groups is 2. The lowest BCUT2D eigenvalue weighted by molar-refractivity contribution is -0.136. The number of carbonyl (C=O) groups excluding carboxylic acids is 5. The van der Waals surface area contributed by atoms with Crippen molar-refractivity contribution in [3.8, 4) is 0 Å². The summed E-state index contributed by atoms with van der Waals surface area (Å²) >= 11 is 0. The standard InChI is InChI=1S/C30H40N4O5/c1-2-3-4-5-26(35)21-12-14-32(15-13-21)19-20-10-16-33(17-11-20)22-6-7-23-24(18-22)30(39)34(29(23)38)25-8-9-27(36)31-28(25)37/h6-7,18,20-21,25H,2-5,8-17,19H2,1H3,(H,31,36,37). The molecule has 0 bridgehead atoms. The quantitative estimate of drug-likeness (QED) is 0.382. The van der Waals surface area contributed by atoms with Gasteiger partial charge in [-0.3, -0.25) is 34.2 Å². The molecule has 3 fully saturated rings. The summed E-state index contributed by atoms with van der Waals surface area (Å²) < 4.78 is 0. The van der Waals surface area contributed by atoms with E-state index < -0.39 is 23.8 Å². The minimum Gasteiger partial charge on any atom is -0.371 e. The third-order valence-electron chi connectivity index (χ3n) is 8.99. The maximum absolute atomic E-state index is 13.2. The molecule has 0 spiro atoms. The lowest BCUT2D eigenvalue weighted by Crippen LogP contribution is -2.54. The average Bonchev–Trinajstić information content (AvgIpc) is 3.18. The Kier molecular flexibility index (Phi) is 8.45. The molecule has 39 heavy (non-hydrogen) atoms. The topological polar surface area (TPSA) is 107 Å². The number of hydrogen-bond donors (Lipinski definition) is 1. The molecule has 210 valence electrons. The van der Waals surface area contributed by atoms with E-state index in [1.54, 1.807) is 12.1 Å². The molecule has 5 rings (SSSR count). The second-order valence-electron chi connectivity index (χ2n) is 11.6. The minimum absolute atomic E-state index is 0.110. The first-order chi connectivity index (χ1) is 18.9. The van der Waals surface area contributed by atoms with Gasteiger partial charge in [-0.05, 0) is 75.7 Å². The summed E-state index contributed by atoms with van der Waals surface area (Å²) in [6.07, 6.45) is 8.42. The maximum atomic E-state index is 13.2. The molecule has 1 atom stereocenters. The lowest BCUT2D eigenvalue weighted by Gasteiger charge is -2.38. The number of nitrogens with zero attached hydrogens (tertiary/aromatic N) is 3. The number of carbonyl (C=O) groups is 5. The second kappa shape index (κ2) is 12.0. The number of benzene rings is 1. The third-order valence-corrected chi connectivity index (χ3v) is 8.99. The molecule has 9 nitrogen and oxygen atoms in total. The van der Waals surface area contributed by atoms with E-state index in [2.05, 4.69) is 22.0 Å². The zero-order chi connectivity index (χ0) is 27.5. The van der Waals surface area contributed by atoms with Gasteiger partial charge >= 0.3 is 0 Å². The Morgan fingerprint density at radius 3 is 2.31 bits per heavy atom. The molecule has 4 aliphatic heterocycles. The fourth-order valence-corrected chi connectivity index (χ4v) is 6.59. The molecular formula is C30H40N4O5. The van der Waals surface area contributed by atoms with Crippen LogP contribution in [0.25, 0.3) is 0 Å². The van der Waals surface area contributed by atoms with E-state index >= 15 is 0 Å².